The number of thioether (sulfide) groups is 1. The second-order valence-electron chi connectivity index (χ2n) is 7.04. The van der Waals surface area contributed by atoms with Gasteiger partial charge in [-0.15, -0.1) is 0 Å². The lowest BCUT2D eigenvalue weighted by Gasteiger charge is -2.10. The lowest BCUT2D eigenvalue weighted by molar-refractivity contribution is 0.102. The Morgan fingerprint density at radius 1 is 1.06 bits per heavy atom. The van der Waals surface area contributed by atoms with Gasteiger partial charge in [0.05, 0.1) is 15.6 Å². The Morgan fingerprint density at radius 2 is 1.76 bits per heavy atom. The molecule has 0 aliphatic heterocycles. The maximum atomic E-state index is 12.8. The van der Waals surface area contributed by atoms with Crippen LogP contribution in [0.5, 0.6) is 0 Å². The van der Waals surface area contributed by atoms with E-state index in [0.717, 1.165) is 15.4 Å². The SMILES string of the molecule is C=C(C)Sc1cc(NC(=O)c2ccc3nc(-c4c(Cl)cccc4Cl)oc3c2)ccc1C.CC. The lowest BCUT2D eigenvalue weighted by Crippen LogP contribution is -2.11. The summed E-state index contributed by atoms with van der Waals surface area (Å²) in [5.41, 5.74) is 3.89. The standard InChI is InChI=1S/C24H18Cl2N2O2S.C2H6/c1-13(2)31-21-12-16(9-7-14(21)3)27-23(29)15-8-10-19-20(11-15)30-24(28-19)22-17(25)5-4-6-18(22)26;1-2/h4-12H,1H2,2-3H3,(H,27,29);1-2H3. The van der Waals surface area contributed by atoms with E-state index in [-0.39, 0.29) is 5.91 Å². The van der Waals surface area contributed by atoms with Gasteiger partial charge in [-0.2, -0.15) is 0 Å². The van der Waals surface area contributed by atoms with Gasteiger partial charge in [-0.05, 0) is 66.8 Å². The van der Waals surface area contributed by atoms with Gasteiger partial charge in [-0.25, -0.2) is 4.98 Å². The molecule has 1 aromatic heterocycles. The van der Waals surface area contributed by atoms with Crippen LogP contribution in [0, 0.1) is 6.92 Å². The van der Waals surface area contributed by atoms with Crippen molar-refractivity contribution in [3.8, 4) is 11.5 Å². The third-order valence-electron chi connectivity index (χ3n) is 4.56. The van der Waals surface area contributed by atoms with E-state index < -0.39 is 0 Å². The fraction of sp³-hybridized carbons (Fsp3) is 0.154. The topological polar surface area (TPSA) is 55.1 Å². The monoisotopic (exact) mass is 498 g/mol. The van der Waals surface area contributed by atoms with Gasteiger partial charge < -0.3 is 9.73 Å². The number of oxazole rings is 1. The number of fused-ring (bicyclic) bond motifs is 1. The number of hydrogen-bond acceptors (Lipinski definition) is 4. The summed E-state index contributed by atoms with van der Waals surface area (Å²) in [6.45, 7) is 11.9. The molecule has 0 aliphatic rings. The Labute approximate surface area is 208 Å². The van der Waals surface area contributed by atoms with Crippen LogP contribution < -0.4 is 5.32 Å². The number of aryl methyl sites for hydroxylation is 1. The zero-order valence-corrected chi connectivity index (χ0v) is 21.2. The zero-order chi connectivity index (χ0) is 24.1. The fourth-order valence-electron chi connectivity index (χ4n) is 3.05. The van der Waals surface area contributed by atoms with Crippen molar-refractivity contribution in [2.45, 2.75) is 32.6 Å². The van der Waals surface area contributed by atoms with Crippen molar-refractivity contribution in [2.75, 3.05) is 5.32 Å². The molecule has 0 bridgehead atoms. The second-order valence-corrected chi connectivity index (χ2v) is 9.19. The minimum absolute atomic E-state index is 0.245. The quantitative estimate of drug-likeness (QED) is 0.278. The largest absolute Gasteiger partial charge is 0.436 e. The Bertz CT molecular complexity index is 1310. The van der Waals surface area contributed by atoms with Crippen LogP contribution in [-0.4, -0.2) is 10.9 Å². The van der Waals surface area contributed by atoms with Gasteiger partial charge in [-0.1, -0.05) is 67.5 Å². The third kappa shape index (κ3) is 5.80. The number of hydrogen-bond donors (Lipinski definition) is 1. The van der Waals surface area contributed by atoms with Crippen LogP contribution in [0.1, 0.15) is 36.7 Å². The summed E-state index contributed by atoms with van der Waals surface area (Å²) in [6.07, 6.45) is 0. The Balaban J connectivity index is 0.00000149. The van der Waals surface area contributed by atoms with Gasteiger partial charge in [0.1, 0.15) is 5.52 Å². The van der Waals surface area contributed by atoms with E-state index in [1.807, 2.05) is 45.9 Å². The summed E-state index contributed by atoms with van der Waals surface area (Å²) < 4.78 is 5.86. The molecule has 0 radical (unpaired) electrons. The summed E-state index contributed by atoms with van der Waals surface area (Å²) >= 11 is 14.1. The van der Waals surface area contributed by atoms with Crippen molar-refractivity contribution < 1.29 is 9.21 Å². The highest BCUT2D eigenvalue weighted by molar-refractivity contribution is 8.03. The molecule has 3 aromatic carbocycles. The molecule has 0 saturated heterocycles. The molecule has 7 heteroatoms. The molecule has 0 atom stereocenters. The highest BCUT2D eigenvalue weighted by Crippen LogP contribution is 2.36. The molecule has 1 heterocycles. The van der Waals surface area contributed by atoms with Gasteiger partial charge in [0.2, 0.25) is 5.89 Å². The minimum atomic E-state index is -0.245. The van der Waals surface area contributed by atoms with Crippen LogP contribution in [0.2, 0.25) is 10.0 Å². The van der Waals surface area contributed by atoms with Gasteiger partial charge >= 0.3 is 0 Å². The van der Waals surface area contributed by atoms with E-state index in [0.29, 0.717) is 43.9 Å². The first kappa shape index (κ1) is 24.9. The van der Waals surface area contributed by atoms with Crippen molar-refractivity contribution in [3.05, 3.63) is 87.3 Å². The molecule has 1 amide bonds. The summed E-state index contributed by atoms with van der Waals surface area (Å²) in [7, 11) is 0. The number of carbonyl (C=O) groups excluding carboxylic acids is 1. The number of anilines is 1. The van der Waals surface area contributed by atoms with Gasteiger partial charge in [-0.3, -0.25) is 4.79 Å². The van der Waals surface area contributed by atoms with E-state index >= 15 is 0 Å². The number of benzene rings is 3. The van der Waals surface area contributed by atoms with Crippen LogP contribution >= 0.6 is 35.0 Å². The number of nitrogens with one attached hydrogen (secondary N) is 1. The molecule has 0 saturated carbocycles. The molecule has 0 unspecified atom stereocenters. The van der Waals surface area contributed by atoms with Gasteiger partial charge in [0.25, 0.3) is 5.91 Å². The molecule has 0 spiro atoms. The number of halogens is 2. The summed E-state index contributed by atoms with van der Waals surface area (Å²) in [4.78, 5) is 19.3. The van der Waals surface area contributed by atoms with Crippen molar-refractivity contribution in [1.29, 1.82) is 0 Å². The zero-order valence-electron chi connectivity index (χ0n) is 18.8. The summed E-state index contributed by atoms with van der Waals surface area (Å²) in [5, 5.41) is 3.82. The summed E-state index contributed by atoms with van der Waals surface area (Å²) in [5.74, 6) is 0.0638. The molecule has 4 rings (SSSR count). The predicted octanol–water partition coefficient (Wildman–Crippen LogP) is 9.01. The van der Waals surface area contributed by atoms with Crippen LogP contribution in [0.15, 0.2) is 75.4 Å². The fourth-order valence-corrected chi connectivity index (χ4v) is 4.40. The molecule has 4 aromatic rings. The highest BCUT2D eigenvalue weighted by Gasteiger charge is 2.17. The second kappa shape index (κ2) is 10.9. The Kier molecular flexibility index (Phi) is 8.25. The van der Waals surface area contributed by atoms with E-state index in [4.69, 9.17) is 27.6 Å². The summed E-state index contributed by atoms with van der Waals surface area (Å²) in [6, 6.07) is 16.1. The van der Waals surface area contributed by atoms with E-state index in [9.17, 15) is 4.79 Å². The molecule has 4 nitrogen and oxygen atoms in total. The van der Waals surface area contributed by atoms with Crippen molar-refractivity contribution in [1.82, 2.24) is 4.98 Å². The number of nitrogens with zero attached hydrogens (tertiary/aromatic N) is 1. The van der Waals surface area contributed by atoms with E-state index in [2.05, 4.69) is 16.9 Å². The molecular weight excluding hydrogens is 475 g/mol. The molecule has 33 heavy (non-hydrogen) atoms. The first-order chi connectivity index (χ1) is 15.8. The van der Waals surface area contributed by atoms with Crippen molar-refractivity contribution >= 4 is 57.7 Å². The van der Waals surface area contributed by atoms with E-state index in [1.165, 1.54) is 0 Å². The number of rotatable bonds is 5. The molecule has 1 N–H and O–H groups in total. The van der Waals surface area contributed by atoms with Crippen LogP contribution in [-0.2, 0) is 0 Å². The molecule has 0 fully saturated rings. The molecule has 170 valence electrons. The number of carbonyl (C=O) groups is 1. The van der Waals surface area contributed by atoms with Crippen LogP contribution in [0.25, 0.3) is 22.6 Å². The number of amides is 1. The highest BCUT2D eigenvalue weighted by atomic mass is 35.5. The van der Waals surface area contributed by atoms with Gasteiger partial charge in [0.15, 0.2) is 5.58 Å². The average Bonchev–Trinajstić information content (AvgIpc) is 3.19. The Morgan fingerprint density at radius 3 is 2.42 bits per heavy atom. The normalized spacial score (nSPS) is 10.5. The first-order valence-electron chi connectivity index (χ1n) is 10.4. The van der Waals surface area contributed by atoms with Crippen molar-refractivity contribution in [3.63, 3.8) is 0 Å². The van der Waals surface area contributed by atoms with E-state index in [1.54, 1.807) is 48.2 Å². The Hall–Kier alpha value is -2.73. The predicted molar refractivity (Wildman–Crippen MR) is 141 cm³/mol. The van der Waals surface area contributed by atoms with Crippen LogP contribution in [0.4, 0.5) is 5.69 Å². The van der Waals surface area contributed by atoms with Crippen LogP contribution in [0.3, 0.4) is 0 Å². The maximum absolute atomic E-state index is 12.8. The van der Waals surface area contributed by atoms with Crippen molar-refractivity contribution in [2.24, 2.45) is 0 Å². The first-order valence-corrected chi connectivity index (χ1v) is 12.0. The lowest BCUT2D eigenvalue weighted by atomic mass is 10.1. The molecule has 0 aliphatic carbocycles. The maximum Gasteiger partial charge on any atom is 0.255 e. The minimum Gasteiger partial charge on any atom is -0.436 e. The average molecular weight is 499 g/mol. The smallest absolute Gasteiger partial charge is 0.255 e. The number of aromatic nitrogens is 1. The number of allylic oxidation sites excluding steroid dienone is 1. The third-order valence-corrected chi connectivity index (χ3v) is 6.20. The molecular formula is C26H24Cl2N2O2S. The van der Waals surface area contributed by atoms with Gasteiger partial charge in [0, 0.05) is 16.1 Å².